The van der Waals surface area contributed by atoms with Crippen LogP contribution in [0.3, 0.4) is 0 Å². The van der Waals surface area contributed by atoms with Crippen LogP contribution in [0.25, 0.3) is 6.08 Å². The summed E-state index contributed by atoms with van der Waals surface area (Å²) in [4.78, 5) is 0. The molecule has 0 radical (unpaired) electrons. The van der Waals surface area contributed by atoms with Crippen LogP contribution < -0.4 is 15.4 Å². The molecule has 0 aromatic heterocycles. The van der Waals surface area contributed by atoms with Gasteiger partial charge < -0.3 is 20.5 Å². The predicted octanol–water partition coefficient (Wildman–Crippen LogP) is 4.74. The Morgan fingerprint density at radius 3 is 2.55 bits per heavy atom. The molecule has 0 spiro atoms. The van der Waals surface area contributed by atoms with Crippen molar-refractivity contribution in [1.29, 1.82) is 0 Å². The Bertz CT molecular complexity index is 1100. The minimum absolute atomic E-state index is 0.367. The van der Waals surface area contributed by atoms with Crippen LogP contribution in [0.4, 0.5) is 28.9 Å². The molecular weight excluding hydrogens is 416 g/mol. The Morgan fingerprint density at radius 2 is 1.94 bits per heavy atom. The molecule has 164 valence electrons. The number of methoxy groups -OCH3 is 1. The molecular formula is C22H20F4N2O3. The highest BCUT2D eigenvalue weighted by atomic mass is 19.3. The zero-order valence-electron chi connectivity index (χ0n) is 16.7. The number of aliphatic hydroxyl groups excluding tert-OH is 1. The Kier molecular flexibility index (Phi) is 4.98. The molecule has 9 heteroatoms. The van der Waals surface area contributed by atoms with Crippen molar-refractivity contribution in [2.24, 2.45) is 0 Å². The highest BCUT2D eigenvalue weighted by molar-refractivity contribution is 5.84. The second-order valence-corrected chi connectivity index (χ2v) is 7.49. The highest BCUT2D eigenvalue weighted by Gasteiger charge is 2.78. The minimum atomic E-state index is -3.74. The van der Waals surface area contributed by atoms with E-state index in [1.165, 1.54) is 0 Å². The van der Waals surface area contributed by atoms with Crippen molar-refractivity contribution in [2.75, 3.05) is 24.4 Å². The van der Waals surface area contributed by atoms with Gasteiger partial charge in [-0.3, -0.25) is 4.74 Å². The van der Waals surface area contributed by atoms with Gasteiger partial charge in [0.15, 0.2) is 11.6 Å². The first-order valence-corrected chi connectivity index (χ1v) is 9.39. The van der Waals surface area contributed by atoms with E-state index in [0.29, 0.717) is 22.6 Å². The van der Waals surface area contributed by atoms with Crippen LogP contribution in [0.15, 0.2) is 42.6 Å². The van der Waals surface area contributed by atoms with Gasteiger partial charge in [-0.1, -0.05) is 12.6 Å². The maximum atomic E-state index is 14.9. The fourth-order valence-electron chi connectivity index (χ4n) is 3.77. The number of nitrogens with one attached hydrogen (secondary N) is 2. The van der Waals surface area contributed by atoms with E-state index in [-0.39, 0.29) is 5.75 Å². The zero-order chi connectivity index (χ0) is 22.6. The summed E-state index contributed by atoms with van der Waals surface area (Å²) in [5.74, 6) is -3.08. The number of anilines is 2. The van der Waals surface area contributed by atoms with Gasteiger partial charge in [0, 0.05) is 28.2 Å². The van der Waals surface area contributed by atoms with Crippen molar-refractivity contribution in [3.8, 4) is 5.75 Å². The number of alkyl halides is 2. The van der Waals surface area contributed by atoms with E-state index in [4.69, 9.17) is 4.74 Å². The number of allylic oxidation sites excluding steroid dienone is 1. The van der Waals surface area contributed by atoms with Gasteiger partial charge in [0.05, 0.1) is 19.8 Å². The van der Waals surface area contributed by atoms with Gasteiger partial charge in [0.1, 0.15) is 0 Å². The van der Waals surface area contributed by atoms with Gasteiger partial charge >= 0.3 is 6.11 Å². The third-order valence-corrected chi connectivity index (χ3v) is 5.44. The van der Waals surface area contributed by atoms with Crippen molar-refractivity contribution < 1.29 is 32.1 Å². The lowest BCUT2D eigenvalue weighted by atomic mass is 9.91. The van der Waals surface area contributed by atoms with Crippen LogP contribution in [0.2, 0.25) is 0 Å². The highest BCUT2D eigenvalue weighted by Crippen LogP contribution is 2.58. The lowest BCUT2D eigenvalue weighted by Gasteiger charge is -2.28. The van der Waals surface area contributed by atoms with E-state index in [9.17, 15) is 22.7 Å². The number of halogens is 4. The molecule has 5 nitrogen and oxygen atoms in total. The Morgan fingerprint density at radius 1 is 1.23 bits per heavy atom. The molecule has 2 heterocycles. The molecule has 0 bridgehead atoms. The normalized spacial score (nSPS) is 21.8. The number of rotatable bonds is 6. The largest absolute Gasteiger partial charge is 0.494 e. The Labute approximate surface area is 176 Å². The SMILES string of the molecule is C=C1C=Cc2c(cc(C)cc2NC(c2ccc(OC)c(F)c2F)C2(CO)OC2(F)F)N1. The van der Waals surface area contributed by atoms with Gasteiger partial charge in [-0.05, 0) is 42.8 Å². The summed E-state index contributed by atoms with van der Waals surface area (Å²) in [6, 6.07) is 4.15. The molecule has 2 aromatic rings. The van der Waals surface area contributed by atoms with Crippen molar-refractivity contribution in [1.82, 2.24) is 0 Å². The zero-order valence-corrected chi connectivity index (χ0v) is 16.7. The molecule has 0 amide bonds. The lowest BCUT2D eigenvalue weighted by Crippen LogP contribution is -2.37. The van der Waals surface area contributed by atoms with E-state index in [2.05, 4.69) is 21.9 Å². The molecule has 2 atom stereocenters. The molecule has 3 N–H and O–H groups in total. The smallest absolute Gasteiger partial charge is 0.390 e. The average molecular weight is 436 g/mol. The first-order valence-electron chi connectivity index (χ1n) is 9.39. The number of aryl methyl sites for hydroxylation is 1. The molecule has 2 aliphatic heterocycles. The third kappa shape index (κ3) is 3.34. The fraction of sp³-hybridized carbons (Fsp3) is 0.273. The quantitative estimate of drug-likeness (QED) is 0.451. The van der Waals surface area contributed by atoms with Gasteiger partial charge in [0.25, 0.3) is 0 Å². The van der Waals surface area contributed by atoms with E-state index in [1.54, 1.807) is 25.1 Å². The molecule has 2 aromatic carbocycles. The van der Waals surface area contributed by atoms with Gasteiger partial charge in [0.2, 0.25) is 11.4 Å². The van der Waals surface area contributed by atoms with Gasteiger partial charge in [-0.15, -0.1) is 0 Å². The molecule has 2 unspecified atom stereocenters. The number of ether oxygens (including phenoxy) is 2. The van der Waals surface area contributed by atoms with E-state index < -0.39 is 41.6 Å². The first-order chi connectivity index (χ1) is 14.6. The van der Waals surface area contributed by atoms with Crippen LogP contribution in [0.1, 0.15) is 22.7 Å². The second-order valence-electron chi connectivity index (χ2n) is 7.49. The number of hydrogen-bond donors (Lipinski definition) is 3. The lowest BCUT2D eigenvalue weighted by molar-refractivity contribution is -0.000163. The molecule has 1 saturated heterocycles. The third-order valence-electron chi connectivity index (χ3n) is 5.44. The van der Waals surface area contributed by atoms with Crippen LogP contribution >= 0.6 is 0 Å². The number of fused-ring (bicyclic) bond motifs is 1. The average Bonchev–Trinajstić information content (AvgIpc) is 3.30. The van der Waals surface area contributed by atoms with Gasteiger partial charge in [-0.2, -0.15) is 13.2 Å². The molecule has 1 fully saturated rings. The van der Waals surface area contributed by atoms with E-state index >= 15 is 0 Å². The minimum Gasteiger partial charge on any atom is -0.494 e. The molecule has 0 aliphatic carbocycles. The number of benzene rings is 2. The molecule has 4 rings (SSSR count). The second kappa shape index (κ2) is 7.28. The summed E-state index contributed by atoms with van der Waals surface area (Å²) in [6.45, 7) is 4.50. The maximum absolute atomic E-state index is 14.9. The number of aliphatic hydroxyl groups is 1. The Hall–Kier alpha value is -3.04. The first kappa shape index (κ1) is 21.2. The van der Waals surface area contributed by atoms with E-state index in [1.807, 2.05) is 6.07 Å². The van der Waals surface area contributed by atoms with Crippen molar-refractivity contribution >= 4 is 17.5 Å². The summed E-state index contributed by atoms with van der Waals surface area (Å²) in [6.07, 6.45) is -0.334. The van der Waals surface area contributed by atoms with Gasteiger partial charge in [-0.25, -0.2) is 4.39 Å². The predicted molar refractivity (Wildman–Crippen MR) is 108 cm³/mol. The number of hydrogen-bond acceptors (Lipinski definition) is 5. The summed E-state index contributed by atoms with van der Waals surface area (Å²) in [7, 11) is 1.16. The van der Waals surface area contributed by atoms with E-state index in [0.717, 1.165) is 24.8 Å². The van der Waals surface area contributed by atoms with Crippen LogP contribution in [-0.4, -0.2) is 30.5 Å². The fourth-order valence-corrected chi connectivity index (χ4v) is 3.77. The summed E-state index contributed by atoms with van der Waals surface area (Å²) >= 11 is 0. The molecule has 2 aliphatic rings. The topological polar surface area (TPSA) is 66.0 Å². The van der Waals surface area contributed by atoms with Crippen molar-refractivity contribution in [3.63, 3.8) is 0 Å². The van der Waals surface area contributed by atoms with Crippen LogP contribution in [-0.2, 0) is 4.74 Å². The summed E-state index contributed by atoms with van der Waals surface area (Å²) in [5.41, 5.74) is 0.140. The Balaban J connectivity index is 1.85. The maximum Gasteiger partial charge on any atom is 0.390 e. The number of epoxide rings is 1. The van der Waals surface area contributed by atoms with Crippen molar-refractivity contribution in [3.05, 3.63) is 70.9 Å². The summed E-state index contributed by atoms with van der Waals surface area (Å²) in [5, 5.41) is 15.7. The van der Waals surface area contributed by atoms with Crippen LogP contribution in [0, 0.1) is 18.6 Å². The molecule has 31 heavy (non-hydrogen) atoms. The summed E-state index contributed by atoms with van der Waals surface area (Å²) < 4.78 is 67.1. The molecule has 0 saturated carbocycles. The van der Waals surface area contributed by atoms with Crippen molar-refractivity contribution in [2.45, 2.75) is 24.7 Å². The standard InChI is InChI=1S/C22H20F4N2O3/c1-11-8-15-13(5-4-12(2)27-15)16(9-11)28-20(21(10-29)22(25,26)31-21)14-6-7-17(30-3)19(24)18(14)23/h4-9,20,27-29H,2,10H2,1,3H3. The monoisotopic (exact) mass is 436 g/mol. The van der Waals surface area contributed by atoms with Crippen LogP contribution in [0.5, 0.6) is 5.75 Å².